The van der Waals surface area contributed by atoms with Crippen LogP contribution in [0.25, 0.3) is 0 Å². The molecule has 0 heterocycles. The highest BCUT2D eigenvalue weighted by Gasteiger charge is 2.36. The Kier molecular flexibility index (Phi) is 10.2. The number of carbonyl (C=O) groups is 2. The molecule has 0 saturated carbocycles. The van der Waals surface area contributed by atoms with Gasteiger partial charge in [0, 0.05) is 40.3 Å². The molecule has 2 aromatic rings. The molecule has 1 aliphatic rings. The minimum atomic E-state index is -1.03. The maximum absolute atomic E-state index is 12.7. The predicted molar refractivity (Wildman–Crippen MR) is 141 cm³/mol. The van der Waals surface area contributed by atoms with Crippen molar-refractivity contribution in [2.24, 2.45) is 0 Å². The first-order valence-electron chi connectivity index (χ1n) is 10.7. The zero-order valence-electron chi connectivity index (χ0n) is 18.8. The summed E-state index contributed by atoms with van der Waals surface area (Å²) in [5.74, 6) is 0.304. The number of ether oxygens (including phenoxy) is 2. The molecule has 8 nitrogen and oxygen atoms in total. The van der Waals surface area contributed by atoms with Crippen LogP contribution in [-0.4, -0.2) is 60.9 Å². The van der Waals surface area contributed by atoms with E-state index in [1.165, 1.54) is 13.2 Å². The normalized spacial score (nSPS) is 19.6. The number of nitrogens with one attached hydrogen (secondary N) is 2. The maximum atomic E-state index is 12.7. The number of hydrogen-bond donors (Lipinski definition) is 4. The van der Waals surface area contributed by atoms with Gasteiger partial charge in [-0.3, -0.25) is 9.59 Å². The van der Waals surface area contributed by atoms with Crippen molar-refractivity contribution in [3.05, 3.63) is 66.7 Å². The van der Waals surface area contributed by atoms with Gasteiger partial charge in [0.15, 0.2) is 11.5 Å². The number of benzene rings is 2. The van der Waals surface area contributed by atoms with Gasteiger partial charge in [-0.2, -0.15) is 0 Å². The third-order valence-corrected chi connectivity index (χ3v) is 6.84. The first-order chi connectivity index (χ1) is 16.8. The first kappa shape index (κ1) is 27.7. The molecule has 0 saturated heterocycles. The smallest absolute Gasteiger partial charge is 0.247 e. The van der Waals surface area contributed by atoms with E-state index < -0.39 is 18.2 Å². The van der Waals surface area contributed by atoms with E-state index in [1.54, 1.807) is 30.3 Å². The number of methoxy groups -OCH3 is 1. The summed E-state index contributed by atoms with van der Waals surface area (Å²) >= 11 is 14.3. The zero-order valence-corrected chi connectivity index (χ0v) is 22.4. The van der Waals surface area contributed by atoms with Gasteiger partial charge in [0.1, 0.15) is 18.5 Å². The Balaban J connectivity index is 1.88. The van der Waals surface area contributed by atoms with Crippen LogP contribution in [0.5, 0.6) is 11.5 Å². The molecule has 0 spiro atoms. The van der Waals surface area contributed by atoms with Crippen LogP contribution in [0.4, 0.5) is 0 Å². The highest BCUT2D eigenvalue weighted by molar-refractivity contribution is 14.1. The van der Waals surface area contributed by atoms with Crippen molar-refractivity contribution < 1.29 is 29.3 Å². The Morgan fingerprint density at radius 2 is 2.06 bits per heavy atom. The van der Waals surface area contributed by atoms with E-state index in [-0.39, 0.29) is 25.5 Å². The lowest BCUT2D eigenvalue weighted by Crippen LogP contribution is -2.51. The summed E-state index contributed by atoms with van der Waals surface area (Å²) in [5.41, 5.74) is 1.59. The van der Waals surface area contributed by atoms with Crippen LogP contribution in [0.3, 0.4) is 0 Å². The second kappa shape index (κ2) is 12.9. The van der Waals surface area contributed by atoms with Crippen molar-refractivity contribution in [1.29, 1.82) is 0 Å². The summed E-state index contributed by atoms with van der Waals surface area (Å²) in [5, 5.41) is 27.1. The number of amides is 1. The molecule has 3 rings (SSSR count). The molecule has 0 bridgehead atoms. The molecule has 4 N–H and O–H groups in total. The summed E-state index contributed by atoms with van der Waals surface area (Å²) in [6.45, 7) is 0.225. The summed E-state index contributed by atoms with van der Waals surface area (Å²) in [6.07, 6.45) is 0.563. The van der Waals surface area contributed by atoms with Crippen molar-refractivity contribution >= 4 is 58.0 Å². The van der Waals surface area contributed by atoms with Crippen LogP contribution < -0.4 is 20.1 Å². The number of aldehydes is 1. The van der Waals surface area contributed by atoms with Crippen LogP contribution >= 0.6 is 45.8 Å². The first-order valence-corrected chi connectivity index (χ1v) is 12.5. The molecule has 1 aliphatic carbocycles. The van der Waals surface area contributed by atoms with Crippen LogP contribution in [0.2, 0.25) is 10.0 Å². The van der Waals surface area contributed by atoms with E-state index in [2.05, 4.69) is 10.6 Å². The van der Waals surface area contributed by atoms with Crippen LogP contribution in [0.15, 0.2) is 42.0 Å². The van der Waals surface area contributed by atoms with Crippen molar-refractivity contribution in [2.75, 3.05) is 20.3 Å². The van der Waals surface area contributed by atoms with E-state index in [0.29, 0.717) is 49.1 Å². The largest absolute Gasteiger partial charge is 0.493 e. The fourth-order valence-electron chi connectivity index (χ4n) is 3.66. The molecule has 3 atom stereocenters. The van der Waals surface area contributed by atoms with E-state index in [4.69, 9.17) is 37.8 Å². The quantitative estimate of drug-likeness (QED) is 0.234. The third kappa shape index (κ3) is 7.08. The summed E-state index contributed by atoms with van der Waals surface area (Å²) < 4.78 is 12.1. The number of rotatable bonds is 10. The number of hydrogen-bond acceptors (Lipinski definition) is 7. The minimum absolute atomic E-state index is 0.0988. The summed E-state index contributed by atoms with van der Waals surface area (Å²) in [4.78, 5) is 23.9. The van der Waals surface area contributed by atoms with E-state index in [9.17, 15) is 14.7 Å². The standard InChI is InChI=1S/C24H25Cl2IN2O6/c1-34-21-7-13(12-31)6-18(27)23(21)35-20-9-15(24(33)28-4-5-30)8-19(22(20)32)29-11-14-2-3-16(25)10-17(14)26/h2-3,6-7,9-10,12,19-20,22,29-30,32H,4-5,8,11H2,1H3,(H,28,33). The zero-order chi connectivity index (χ0) is 25.5. The molecule has 0 aliphatic heterocycles. The van der Waals surface area contributed by atoms with Crippen molar-refractivity contribution in [1.82, 2.24) is 10.6 Å². The van der Waals surface area contributed by atoms with Crippen molar-refractivity contribution in [3.63, 3.8) is 0 Å². The number of carbonyl (C=O) groups excluding carboxylic acids is 2. The van der Waals surface area contributed by atoms with Gasteiger partial charge in [0.25, 0.3) is 0 Å². The van der Waals surface area contributed by atoms with Gasteiger partial charge in [0.2, 0.25) is 5.91 Å². The highest BCUT2D eigenvalue weighted by atomic mass is 127. The Bertz CT molecular complexity index is 1110. The second-order valence-corrected chi connectivity index (χ2v) is 9.83. The van der Waals surface area contributed by atoms with Gasteiger partial charge in [-0.05, 0) is 64.9 Å². The van der Waals surface area contributed by atoms with Gasteiger partial charge >= 0.3 is 0 Å². The fourth-order valence-corrected chi connectivity index (χ4v) is 4.89. The topological polar surface area (TPSA) is 117 Å². The molecular weight excluding hydrogens is 610 g/mol. The highest BCUT2D eigenvalue weighted by Crippen LogP contribution is 2.36. The number of halogens is 3. The lowest BCUT2D eigenvalue weighted by atomic mass is 9.89. The van der Waals surface area contributed by atoms with Gasteiger partial charge in [-0.1, -0.05) is 29.3 Å². The van der Waals surface area contributed by atoms with Gasteiger partial charge in [0.05, 0.1) is 17.3 Å². The summed E-state index contributed by atoms with van der Waals surface area (Å²) in [6, 6.07) is 7.76. The van der Waals surface area contributed by atoms with Gasteiger partial charge in [-0.15, -0.1) is 0 Å². The average Bonchev–Trinajstić information content (AvgIpc) is 2.84. The SMILES string of the molecule is COc1cc(C=O)cc(I)c1OC1C=C(C(=O)NCCO)CC(NCc2ccc(Cl)cc2Cl)C1O. The van der Waals surface area contributed by atoms with Gasteiger partial charge in [-0.25, -0.2) is 0 Å². The molecular formula is C24H25Cl2IN2O6. The Morgan fingerprint density at radius 1 is 1.29 bits per heavy atom. The lowest BCUT2D eigenvalue weighted by Gasteiger charge is -2.35. The molecule has 2 aromatic carbocycles. The third-order valence-electron chi connectivity index (χ3n) is 5.45. The van der Waals surface area contributed by atoms with E-state index in [1.807, 2.05) is 22.6 Å². The predicted octanol–water partition coefficient (Wildman–Crippen LogP) is 3.12. The molecule has 11 heteroatoms. The minimum Gasteiger partial charge on any atom is -0.493 e. The lowest BCUT2D eigenvalue weighted by molar-refractivity contribution is -0.118. The Labute approximate surface area is 226 Å². The second-order valence-electron chi connectivity index (χ2n) is 7.82. The van der Waals surface area contributed by atoms with Crippen molar-refractivity contribution in [3.8, 4) is 11.5 Å². The van der Waals surface area contributed by atoms with Crippen LogP contribution in [0.1, 0.15) is 22.3 Å². The molecule has 0 aromatic heterocycles. The molecule has 1 amide bonds. The number of aliphatic hydroxyl groups is 2. The van der Waals surface area contributed by atoms with Crippen molar-refractivity contribution in [2.45, 2.75) is 31.2 Å². The molecule has 35 heavy (non-hydrogen) atoms. The summed E-state index contributed by atoms with van der Waals surface area (Å²) in [7, 11) is 1.45. The molecule has 0 fully saturated rings. The Hall–Kier alpha value is -1.89. The van der Waals surface area contributed by atoms with Crippen LogP contribution in [-0.2, 0) is 11.3 Å². The molecule has 3 unspecified atom stereocenters. The molecule has 0 radical (unpaired) electrons. The monoisotopic (exact) mass is 634 g/mol. The molecule has 188 valence electrons. The average molecular weight is 635 g/mol. The van der Waals surface area contributed by atoms with E-state index in [0.717, 1.165) is 5.56 Å². The number of aliphatic hydroxyl groups excluding tert-OH is 2. The fraction of sp³-hybridized carbons (Fsp3) is 0.333. The van der Waals surface area contributed by atoms with Gasteiger partial charge < -0.3 is 30.3 Å². The maximum Gasteiger partial charge on any atom is 0.247 e. The van der Waals surface area contributed by atoms with E-state index >= 15 is 0 Å². The Morgan fingerprint density at radius 3 is 2.71 bits per heavy atom. The van der Waals surface area contributed by atoms with Crippen LogP contribution in [0, 0.1) is 3.57 Å².